The first-order valence-electron chi connectivity index (χ1n) is 10.2. The van der Waals surface area contributed by atoms with Crippen LogP contribution in [0, 0.1) is 0 Å². The number of thiophene rings is 1. The Morgan fingerprint density at radius 2 is 2.03 bits per heavy atom. The summed E-state index contributed by atoms with van der Waals surface area (Å²) in [4.78, 5) is 25.3. The summed E-state index contributed by atoms with van der Waals surface area (Å²) in [7, 11) is 7.93. The molecule has 0 amide bonds. The molecule has 30 heavy (non-hydrogen) atoms. The second-order valence-electron chi connectivity index (χ2n) is 7.91. The third kappa shape index (κ3) is 4.27. The van der Waals surface area contributed by atoms with Gasteiger partial charge in [-0.05, 0) is 70.4 Å². The van der Waals surface area contributed by atoms with Gasteiger partial charge in [0.25, 0.3) is 5.56 Å². The molecule has 0 radical (unpaired) electrons. The highest BCUT2D eigenvalue weighted by Crippen LogP contribution is 2.34. The Hall–Kier alpha value is -1.87. The lowest BCUT2D eigenvalue weighted by Crippen LogP contribution is -2.27. The van der Waals surface area contributed by atoms with Gasteiger partial charge in [-0.3, -0.25) is 9.36 Å². The van der Waals surface area contributed by atoms with Crippen molar-refractivity contribution in [1.29, 1.82) is 0 Å². The zero-order valence-electron chi connectivity index (χ0n) is 18.0. The number of fused-ring (bicyclic) bond motifs is 3. The van der Waals surface area contributed by atoms with Crippen molar-refractivity contribution in [3.8, 4) is 11.4 Å². The average molecular weight is 445 g/mol. The highest BCUT2D eigenvalue weighted by Gasteiger charge is 2.24. The van der Waals surface area contributed by atoms with E-state index in [0.717, 1.165) is 65.0 Å². The van der Waals surface area contributed by atoms with Gasteiger partial charge in [-0.25, -0.2) is 4.98 Å². The van der Waals surface area contributed by atoms with E-state index in [4.69, 9.17) is 9.72 Å². The minimum atomic E-state index is 0.0438. The number of hydrogen-bond donors (Lipinski definition) is 0. The predicted molar refractivity (Wildman–Crippen MR) is 126 cm³/mol. The number of methoxy groups -OCH3 is 1. The minimum absolute atomic E-state index is 0.0438. The molecule has 2 aromatic heterocycles. The fourth-order valence-electron chi connectivity index (χ4n) is 3.75. The van der Waals surface area contributed by atoms with E-state index in [2.05, 4.69) is 30.9 Å². The third-order valence-corrected chi connectivity index (χ3v) is 7.48. The van der Waals surface area contributed by atoms with Gasteiger partial charge in [0.1, 0.15) is 10.6 Å². The van der Waals surface area contributed by atoms with E-state index in [0.29, 0.717) is 0 Å². The van der Waals surface area contributed by atoms with Crippen LogP contribution in [0.25, 0.3) is 15.9 Å². The number of thioether (sulfide) groups is 1. The molecule has 0 atom stereocenters. The van der Waals surface area contributed by atoms with E-state index in [9.17, 15) is 4.79 Å². The van der Waals surface area contributed by atoms with Crippen LogP contribution in [-0.4, -0.2) is 66.4 Å². The van der Waals surface area contributed by atoms with Crippen LogP contribution < -0.4 is 10.3 Å². The summed E-state index contributed by atoms with van der Waals surface area (Å²) in [5.41, 5.74) is 2.07. The van der Waals surface area contributed by atoms with E-state index in [-0.39, 0.29) is 5.56 Å². The van der Waals surface area contributed by atoms with Crippen molar-refractivity contribution in [1.82, 2.24) is 19.4 Å². The lowest BCUT2D eigenvalue weighted by atomic mass is 10.1. The highest BCUT2D eigenvalue weighted by atomic mass is 32.2. The Bertz CT molecular complexity index is 1090. The van der Waals surface area contributed by atoms with Crippen molar-refractivity contribution in [3.63, 3.8) is 0 Å². The Morgan fingerprint density at radius 1 is 1.27 bits per heavy atom. The van der Waals surface area contributed by atoms with Crippen LogP contribution in [0.4, 0.5) is 0 Å². The summed E-state index contributed by atoms with van der Waals surface area (Å²) in [6, 6.07) is 7.66. The number of benzene rings is 1. The maximum Gasteiger partial charge on any atom is 0.267 e. The summed E-state index contributed by atoms with van der Waals surface area (Å²) < 4.78 is 7.08. The summed E-state index contributed by atoms with van der Waals surface area (Å²) in [6.07, 6.45) is 1.95. The predicted octanol–water partition coefficient (Wildman–Crippen LogP) is 3.49. The van der Waals surface area contributed by atoms with Crippen molar-refractivity contribution in [2.45, 2.75) is 24.5 Å². The van der Waals surface area contributed by atoms with Gasteiger partial charge in [0.15, 0.2) is 5.16 Å². The minimum Gasteiger partial charge on any atom is -0.497 e. The molecular formula is C22H28N4O2S2. The first kappa shape index (κ1) is 21.4. The van der Waals surface area contributed by atoms with E-state index >= 15 is 0 Å². The normalized spacial score (nSPS) is 14.4. The first-order chi connectivity index (χ1) is 14.5. The van der Waals surface area contributed by atoms with Crippen molar-refractivity contribution in [2.75, 3.05) is 47.1 Å². The smallest absolute Gasteiger partial charge is 0.267 e. The largest absolute Gasteiger partial charge is 0.497 e. The fourth-order valence-corrected chi connectivity index (χ4v) is 6.03. The molecule has 0 fully saturated rings. The van der Waals surface area contributed by atoms with Gasteiger partial charge in [0.2, 0.25) is 0 Å². The molecule has 3 aromatic rings. The van der Waals surface area contributed by atoms with E-state index < -0.39 is 0 Å². The molecule has 1 aromatic carbocycles. The topological polar surface area (TPSA) is 50.6 Å². The quantitative estimate of drug-likeness (QED) is 0.316. The Labute approximate surface area is 185 Å². The number of hydrogen-bond acceptors (Lipinski definition) is 7. The van der Waals surface area contributed by atoms with E-state index in [1.165, 1.54) is 10.4 Å². The molecule has 0 spiro atoms. The molecule has 3 heterocycles. The molecule has 1 aliphatic heterocycles. The van der Waals surface area contributed by atoms with Crippen LogP contribution in [0.3, 0.4) is 0 Å². The maximum atomic E-state index is 13.7. The lowest BCUT2D eigenvalue weighted by Gasteiger charge is -2.21. The number of rotatable bonds is 7. The van der Waals surface area contributed by atoms with Crippen LogP contribution in [0.1, 0.15) is 16.9 Å². The third-order valence-electron chi connectivity index (χ3n) is 5.35. The van der Waals surface area contributed by atoms with Gasteiger partial charge in [-0.1, -0.05) is 11.8 Å². The molecule has 160 valence electrons. The maximum absolute atomic E-state index is 13.7. The summed E-state index contributed by atoms with van der Waals surface area (Å²) >= 11 is 3.34. The molecule has 0 bridgehead atoms. The second-order valence-corrected chi connectivity index (χ2v) is 10.1. The van der Waals surface area contributed by atoms with Crippen LogP contribution in [0.5, 0.6) is 5.75 Å². The van der Waals surface area contributed by atoms with Gasteiger partial charge in [0.05, 0.1) is 18.2 Å². The summed E-state index contributed by atoms with van der Waals surface area (Å²) in [6.45, 7) is 2.88. The van der Waals surface area contributed by atoms with Gasteiger partial charge in [-0.15, -0.1) is 11.3 Å². The van der Waals surface area contributed by atoms with E-state index in [1.54, 1.807) is 34.8 Å². The first-order valence-corrected chi connectivity index (χ1v) is 12.0. The van der Waals surface area contributed by atoms with Gasteiger partial charge in [-0.2, -0.15) is 0 Å². The van der Waals surface area contributed by atoms with Crippen LogP contribution >= 0.6 is 23.1 Å². The number of aromatic nitrogens is 2. The van der Waals surface area contributed by atoms with Crippen molar-refractivity contribution >= 4 is 33.3 Å². The lowest BCUT2D eigenvalue weighted by molar-refractivity contribution is 0.318. The highest BCUT2D eigenvalue weighted by molar-refractivity contribution is 7.99. The molecule has 4 rings (SSSR count). The zero-order chi connectivity index (χ0) is 21.3. The summed E-state index contributed by atoms with van der Waals surface area (Å²) in [5, 5.41) is 1.57. The fraction of sp³-hybridized carbons (Fsp3) is 0.455. The van der Waals surface area contributed by atoms with Gasteiger partial charge >= 0.3 is 0 Å². The molecular weight excluding hydrogens is 416 g/mol. The van der Waals surface area contributed by atoms with E-state index in [1.807, 2.05) is 24.3 Å². The van der Waals surface area contributed by atoms with Crippen molar-refractivity contribution in [2.24, 2.45) is 0 Å². The Kier molecular flexibility index (Phi) is 6.48. The van der Waals surface area contributed by atoms with Gasteiger partial charge < -0.3 is 14.5 Å². The van der Waals surface area contributed by atoms with Crippen LogP contribution in [0.2, 0.25) is 0 Å². The molecule has 1 aliphatic rings. The average Bonchev–Trinajstić information content (AvgIpc) is 3.09. The van der Waals surface area contributed by atoms with Gasteiger partial charge in [0, 0.05) is 23.7 Å². The SMILES string of the molecule is COc1ccc(-n2c(SCCCN(C)C)nc3sc4c(c3c2=O)CCN(C)C4)cc1. The van der Waals surface area contributed by atoms with Crippen LogP contribution in [0.15, 0.2) is 34.2 Å². The number of likely N-dealkylation sites (N-methyl/N-ethyl adjacent to an activating group) is 1. The molecule has 0 saturated carbocycles. The molecule has 0 unspecified atom stereocenters. The summed E-state index contributed by atoms with van der Waals surface area (Å²) in [5.74, 6) is 1.69. The molecule has 8 heteroatoms. The molecule has 0 N–H and O–H groups in total. The number of nitrogens with zero attached hydrogens (tertiary/aromatic N) is 4. The number of ether oxygens (including phenoxy) is 1. The molecule has 0 saturated heterocycles. The Morgan fingerprint density at radius 3 is 2.73 bits per heavy atom. The zero-order valence-corrected chi connectivity index (χ0v) is 19.6. The molecule has 0 aliphatic carbocycles. The van der Waals surface area contributed by atoms with Crippen LogP contribution in [-0.2, 0) is 13.0 Å². The standard InChI is InChI=1S/C22H28N4O2S2/c1-24(2)11-5-13-29-22-23-20-19(17-10-12-25(3)14-18(17)30-20)21(27)26(22)15-6-8-16(28-4)9-7-15/h6-9H,5,10-14H2,1-4H3. The van der Waals surface area contributed by atoms with Crippen molar-refractivity contribution in [3.05, 3.63) is 45.1 Å². The monoisotopic (exact) mass is 444 g/mol. The molecule has 6 nitrogen and oxygen atoms in total. The second kappa shape index (κ2) is 9.09. The van der Waals surface area contributed by atoms with Crippen molar-refractivity contribution < 1.29 is 4.74 Å². The Balaban J connectivity index is 1.81.